The van der Waals surface area contributed by atoms with Crippen LogP contribution < -0.4 is 22.1 Å². The standard InChI is InChI=1S/C16H21I2N5OS/c1-2-3-8(14-13-11(6-25-14)21-16(20)23-13)15(24)22-12-9(17)4-7(19)5-10(12)18/h4-5,8,11,13-14H,2-3,6,19H2,1H3,(H,22,24)(H3,20,21,23). The molecule has 1 fully saturated rings. The molecule has 3 rings (SSSR count). The monoisotopic (exact) mass is 585 g/mol. The van der Waals surface area contributed by atoms with Gasteiger partial charge in [-0.15, -0.1) is 0 Å². The minimum Gasteiger partial charge on any atom is -0.399 e. The van der Waals surface area contributed by atoms with Crippen LogP contribution in [0.5, 0.6) is 0 Å². The lowest BCUT2D eigenvalue weighted by Gasteiger charge is -2.25. The van der Waals surface area contributed by atoms with E-state index < -0.39 is 0 Å². The zero-order valence-electron chi connectivity index (χ0n) is 13.8. The molecule has 0 saturated carbocycles. The van der Waals surface area contributed by atoms with Gasteiger partial charge in [-0.05, 0) is 63.7 Å². The van der Waals surface area contributed by atoms with Crippen LogP contribution in [0.4, 0.5) is 11.4 Å². The fraction of sp³-hybridized carbons (Fsp3) is 0.500. The molecular weight excluding hydrogens is 564 g/mol. The SMILES string of the molecule is CCCC(C(=O)Nc1c(I)cc(N)cc1I)C1SCC2NC(N)=NC21. The molecule has 1 aromatic carbocycles. The molecule has 136 valence electrons. The van der Waals surface area contributed by atoms with Crippen LogP contribution in [-0.4, -0.2) is 35.0 Å². The van der Waals surface area contributed by atoms with Gasteiger partial charge in [0.2, 0.25) is 5.91 Å². The third-order valence-electron chi connectivity index (χ3n) is 4.48. The number of carbonyl (C=O) groups excluding carboxylic acids is 1. The van der Waals surface area contributed by atoms with Crippen LogP contribution in [0, 0.1) is 13.1 Å². The van der Waals surface area contributed by atoms with Crippen LogP contribution >= 0.6 is 56.9 Å². The Morgan fingerprint density at radius 1 is 1.44 bits per heavy atom. The predicted octanol–water partition coefficient (Wildman–Crippen LogP) is 2.60. The highest BCUT2D eigenvalue weighted by molar-refractivity contribution is 14.1. The van der Waals surface area contributed by atoms with E-state index in [2.05, 4.69) is 67.7 Å². The fourth-order valence-electron chi connectivity index (χ4n) is 3.36. The van der Waals surface area contributed by atoms with Gasteiger partial charge in [-0.1, -0.05) is 13.3 Å². The molecule has 6 nitrogen and oxygen atoms in total. The molecule has 1 amide bonds. The summed E-state index contributed by atoms with van der Waals surface area (Å²) >= 11 is 6.25. The second-order valence-electron chi connectivity index (χ2n) is 6.30. The second-order valence-corrected chi connectivity index (χ2v) is 9.83. The largest absolute Gasteiger partial charge is 0.399 e. The lowest BCUT2D eigenvalue weighted by atomic mass is 9.91. The Kier molecular flexibility index (Phi) is 6.24. The molecule has 25 heavy (non-hydrogen) atoms. The van der Waals surface area contributed by atoms with Gasteiger partial charge in [0, 0.05) is 23.8 Å². The molecule has 2 heterocycles. The molecule has 0 spiro atoms. The minimum absolute atomic E-state index is 0.0567. The van der Waals surface area contributed by atoms with Crippen molar-refractivity contribution in [1.82, 2.24) is 5.32 Å². The van der Waals surface area contributed by atoms with Gasteiger partial charge in [0.05, 0.1) is 23.7 Å². The number of nitrogens with two attached hydrogens (primary N) is 2. The zero-order valence-corrected chi connectivity index (χ0v) is 18.9. The highest BCUT2D eigenvalue weighted by atomic mass is 127. The summed E-state index contributed by atoms with van der Waals surface area (Å²) in [5, 5.41) is 6.51. The third-order valence-corrected chi connectivity index (χ3v) is 7.73. The number of carbonyl (C=O) groups is 1. The highest BCUT2D eigenvalue weighted by Gasteiger charge is 2.46. The number of thioether (sulfide) groups is 1. The van der Waals surface area contributed by atoms with Crippen LogP contribution in [0.2, 0.25) is 0 Å². The van der Waals surface area contributed by atoms with E-state index in [1.54, 1.807) is 0 Å². The van der Waals surface area contributed by atoms with Crippen molar-refractivity contribution in [1.29, 1.82) is 0 Å². The summed E-state index contributed by atoms with van der Waals surface area (Å²) in [6, 6.07) is 4.08. The normalized spacial score (nSPS) is 25.9. The summed E-state index contributed by atoms with van der Waals surface area (Å²) in [6.07, 6.45) is 1.79. The lowest BCUT2D eigenvalue weighted by Crippen LogP contribution is -2.41. The van der Waals surface area contributed by atoms with E-state index in [0.717, 1.165) is 31.4 Å². The Hall–Kier alpha value is -0.430. The topological polar surface area (TPSA) is 106 Å². The van der Waals surface area contributed by atoms with Gasteiger partial charge >= 0.3 is 0 Å². The summed E-state index contributed by atoms with van der Waals surface area (Å²) < 4.78 is 1.90. The van der Waals surface area contributed by atoms with E-state index in [1.165, 1.54) is 0 Å². The zero-order chi connectivity index (χ0) is 18.1. The molecular formula is C16H21I2N5OS. The maximum absolute atomic E-state index is 13.1. The number of hydrogen-bond donors (Lipinski definition) is 4. The first-order chi connectivity index (χ1) is 11.9. The second kappa shape index (κ2) is 8.07. The Morgan fingerprint density at radius 2 is 2.12 bits per heavy atom. The predicted molar refractivity (Wildman–Crippen MR) is 122 cm³/mol. The number of nitrogens with zero attached hydrogens (tertiary/aromatic N) is 1. The van der Waals surface area contributed by atoms with Gasteiger partial charge < -0.3 is 22.1 Å². The first kappa shape index (κ1) is 19.3. The maximum Gasteiger partial charge on any atom is 0.228 e. The summed E-state index contributed by atoms with van der Waals surface area (Å²) in [6.45, 7) is 2.11. The van der Waals surface area contributed by atoms with Crippen molar-refractivity contribution in [3.63, 3.8) is 0 Å². The fourth-order valence-corrected chi connectivity index (χ4v) is 7.09. The molecule has 0 aliphatic carbocycles. The molecule has 0 bridgehead atoms. The van der Waals surface area contributed by atoms with Crippen molar-refractivity contribution in [3.05, 3.63) is 19.3 Å². The Morgan fingerprint density at radius 3 is 2.76 bits per heavy atom. The van der Waals surface area contributed by atoms with Gasteiger partial charge in [-0.2, -0.15) is 11.8 Å². The number of aliphatic imine (C=N–C) groups is 1. The molecule has 6 N–H and O–H groups in total. The number of nitrogens with one attached hydrogen (secondary N) is 2. The molecule has 1 saturated heterocycles. The number of anilines is 2. The van der Waals surface area contributed by atoms with Crippen molar-refractivity contribution in [2.45, 2.75) is 37.1 Å². The van der Waals surface area contributed by atoms with E-state index in [1.807, 2.05) is 23.9 Å². The highest BCUT2D eigenvalue weighted by Crippen LogP contribution is 2.39. The van der Waals surface area contributed by atoms with E-state index in [0.29, 0.717) is 11.6 Å². The van der Waals surface area contributed by atoms with Crippen LogP contribution in [-0.2, 0) is 4.79 Å². The molecule has 4 unspecified atom stereocenters. The van der Waals surface area contributed by atoms with E-state index in [-0.39, 0.29) is 29.2 Å². The lowest BCUT2D eigenvalue weighted by molar-refractivity contribution is -0.120. The van der Waals surface area contributed by atoms with Crippen molar-refractivity contribution >= 4 is 80.2 Å². The summed E-state index contributed by atoms with van der Waals surface area (Å²) in [5.41, 5.74) is 13.3. The van der Waals surface area contributed by atoms with Gasteiger partial charge in [0.25, 0.3) is 0 Å². The smallest absolute Gasteiger partial charge is 0.228 e. The third kappa shape index (κ3) is 4.12. The summed E-state index contributed by atoms with van der Waals surface area (Å²) in [7, 11) is 0. The van der Waals surface area contributed by atoms with Crippen LogP contribution in [0.3, 0.4) is 0 Å². The average Bonchev–Trinajstić information content (AvgIpc) is 3.07. The Balaban J connectivity index is 1.80. The minimum atomic E-state index is -0.0920. The number of amides is 1. The Bertz CT molecular complexity index is 691. The number of hydrogen-bond acceptors (Lipinski definition) is 6. The number of fused-ring (bicyclic) bond motifs is 1. The first-order valence-corrected chi connectivity index (χ1v) is 11.4. The number of halogens is 2. The summed E-state index contributed by atoms with van der Waals surface area (Å²) in [5.74, 6) is 1.40. The van der Waals surface area contributed by atoms with Crippen LogP contribution in [0.25, 0.3) is 0 Å². The molecule has 2 aliphatic heterocycles. The molecule has 2 aliphatic rings. The van der Waals surface area contributed by atoms with Gasteiger partial charge in [-0.3, -0.25) is 4.79 Å². The number of benzene rings is 1. The van der Waals surface area contributed by atoms with Gasteiger partial charge in [0.1, 0.15) is 0 Å². The number of nitrogen functional groups attached to an aromatic ring is 1. The maximum atomic E-state index is 13.1. The molecule has 0 radical (unpaired) electrons. The van der Waals surface area contributed by atoms with E-state index in [9.17, 15) is 4.79 Å². The van der Waals surface area contributed by atoms with E-state index >= 15 is 0 Å². The molecule has 0 aromatic heterocycles. The van der Waals surface area contributed by atoms with Crippen molar-refractivity contribution in [3.8, 4) is 0 Å². The first-order valence-electron chi connectivity index (χ1n) is 8.17. The van der Waals surface area contributed by atoms with Crippen molar-refractivity contribution in [2.75, 3.05) is 16.8 Å². The number of guanidine groups is 1. The van der Waals surface area contributed by atoms with Crippen molar-refractivity contribution < 1.29 is 4.79 Å². The van der Waals surface area contributed by atoms with Crippen molar-refractivity contribution in [2.24, 2.45) is 16.6 Å². The van der Waals surface area contributed by atoms with Gasteiger partial charge in [-0.25, -0.2) is 4.99 Å². The molecule has 4 atom stereocenters. The Labute approximate surface area is 179 Å². The van der Waals surface area contributed by atoms with Crippen LogP contribution in [0.15, 0.2) is 17.1 Å². The molecule has 9 heteroatoms. The molecule has 1 aromatic rings. The average molecular weight is 585 g/mol. The van der Waals surface area contributed by atoms with E-state index in [4.69, 9.17) is 11.5 Å². The summed E-state index contributed by atoms with van der Waals surface area (Å²) in [4.78, 5) is 17.6. The quantitative estimate of drug-likeness (QED) is 0.315. The van der Waals surface area contributed by atoms with Gasteiger partial charge in [0.15, 0.2) is 5.96 Å². The number of rotatable bonds is 5. The van der Waals surface area contributed by atoms with Crippen LogP contribution in [0.1, 0.15) is 19.8 Å².